The molecule has 0 atom stereocenters. The van der Waals surface area contributed by atoms with Crippen molar-refractivity contribution in [2.45, 2.75) is 27.2 Å². The lowest BCUT2D eigenvalue weighted by molar-refractivity contribution is 0.0998. The van der Waals surface area contributed by atoms with Crippen LogP contribution in [0.5, 0.6) is 0 Å². The summed E-state index contributed by atoms with van der Waals surface area (Å²) in [5, 5.41) is 13.0. The van der Waals surface area contributed by atoms with E-state index >= 15 is 0 Å². The van der Waals surface area contributed by atoms with Gasteiger partial charge in [0, 0.05) is 10.9 Å². The molecule has 0 aliphatic carbocycles. The quantitative estimate of drug-likeness (QED) is 0.800. The molecule has 1 aromatic carbocycles. The van der Waals surface area contributed by atoms with Crippen LogP contribution in [0.25, 0.3) is 11.0 Å². The summed E-state index contributed by atoms with van der Waals surface area (Å²) in [5.41, 5.74) is 2.61. The van der Waals surface area contributed by atoms with Crippen LogP contribution in [0.1, 0.15) is 33.6 Å². The van der Waals surface area contributed by atoms with E-state index in [-0.39, 0.29) is 5.91 Å². The van der Waals surface area contributed by atoms with Crippen LogP contribution in [0.15, 0.2) is 22.6 Å². The van der Waals surface area contributed by atoms with Gasteiger partial charge in [0.25, 0.3) is 5.91 Å². The van der Waals surface area contributed by atoms with E-state index in [4.69, 9.17) is 4.42 Å². The minimum atomic E-state index is -0.290. The molecule has 21 heavy (non-hydrogen) atoms. The molecule has 1 amide bonds. The Morgan fingerprint density at radius 3 is 2.81 bits per heavy atom. The largest absolute Gasteiger partial charge is 0.450 e. The number of hydrogen-bond donors (Lipinski definition) is 1. The summed E-state index contributed by atoms with van der Waals surface area (Å²) in [7, 11) is 0. The maximum atomic E-state index is 12.3. The number of benzene rings is 1. The standard InChI is InChI=1S/C15H15N3O2S/c1-4-11-17-18-15(21-11)16-14(19)13-9(3)10-7-5-6-8(2)12(10)20-13/h5-7H,4H2,1-3H3,(H,16,18,19). The van der Waals surface area contributed by atoms with Crippen molar-refractivity contribution < 1.29 is 9.21 Å². The van der Waals surface area contributed by atoms with Gasteiger partial charge >= 0.3 is 0 Å². The van der Waals surface area contributed by atoms with Crippen molar-refractivity contribution in [3.05, 3.63) is 40.1 Å². The third-order valence-electron chi connectivity index (χ3n) is 3.36. The Balaban J connectivity index is 1.94. The molecule has 0 radical (unpaired) electrons. The van der Waals surface area contributed by atoms with Crippen LogP contribution >= 0.6 is 11.3 Å². The summed E-state index contributed by atoms with van der Waals surface area (Å²) in [6.07, 6.45) is 0.802. The number of aromatic nitrogens is 2. The molecule has 108 valence electrons. The van der Waals surface area contributed by atoms with Gasteiger partial charge in [0.15, 0.2) is 5.76 Å². The molecule has 1 N–H and O–H groups in total. The summed E-state index contributed by atoms with van der Waals surface area (Å²) in [6.45, 7) is 5.85. The molecule has 2 aromatic heterocycles. The SMILES string of the molecule is CCc1nnc(NC(=O)c2oc3c(C)cccc3c2C)s1. The number of nitrogens with zero attached hydrogens (tertiary/aromatic N) is 2. The summed E-state index contributed by atoms with van der Waals surface area (Å²) in [6, 6.07) is 5.88. The first-order valence-electron chi connectivity index (χ1n) is 6.72. The molecular formula is C15H15N3O2S. The Morgan fingerprint density at radius 1 is 1.33 bits per heavy atom. The van der Waals surface area contributed by atoms with Gasteiger partial charge in [-0.3, -0.25) is 10.1 Å². The summed E-state index contributed by atoms with van der Waals surface area (Å²) in [5.74, 6) is 0.0365. The third kappa shape index (κ3) is 2.42. The average Bonchev–Trinajstić information content (AvgIpc) is 3.05. The van der Waals surface area contributed by atoms with Crippen LogP contribution < -0.4 is 5.32 Å². The third-order valence-corrected chi connectivity index (χ3v) is 4.34. The number of para-hydroxylation sites is 1. The lowest BCUT2D eigenvalue weighted by atomic mass is 10.1. The smallest absolute Gasteiger partial charge is 0.293 e. The predicted octanol–water partition coefficient (Wildman–Crippen LogP) is 3.72. The van der Waals surface area contributed by atoms with Gasteiger partial charge < -0.3 is 4.42 Å². The maximum absolute atomic E-state index is 12.3. The molecule has 0 aliphatic rings. The van der Waals surface area contributed by atoms with Gasteiger partial charge in [-0.1, -0.05) is 36.5 Å². The van der Waals surface area contributed by atoms with E-state index in [1.807, 2.05) is 39.0 Å². The molecule has 5 nitrogen and oxygen atoms in total. The fraction of sp³-hybridized carbons (Fsp3) is 0.267. The van der Waals surface area contributed by atoms with E-state index in [9.17, 15) is 4.79 Å². The minimum Gasteiger partial charge on any atom is -0.450 e. The van der Waals surface area contributed by atoms with Crippen molar-refractivity contribution in [3.8, 4) is 0 Å². The van der Waals surface area contributed by atoms with Gasteiger partial charge in [-0.2, -0.15) is 0 Å². The van der Waals surface area contributed by atoms with Gasteiger partial charge in [0.1, 0.15) is 10.6 Å². The zero-order valence-electron chi connectivity index (χ0n) is 12.1. The predicted molar refractivity (Wildman–Crippen MR) is 82.9 cm³/mol. The van der Waals surface area contributed by atoms with Crippen molar-refractivity contribution >= 4 is 33.3 Å². The molecule has 0 unspecified atom stereocenters. The number of nitrogens with one attached hydrogen (secondary N) is 1. The fourth-order valence-corrected chi connectivity index (χ4v) is 2.88. The normalized spacial score (nSPS) is 11.0. The van der Waals surface area contributed by atoms with E-state index < -0.39 is 0 Å². The Labute approximate surface area is 126 Å². The zero-order chi connectivity index (χ0) is 15.0. The molecule has 2 heterocycles. The Kier molecular flexibility index (Phi) is 3.47. The van der Waals surface area contributed by atoms with Crippen LogP contribution in [0.4, 0.5) is 5.13 Å². The molecule has 3 aromatic rings. The number of carbonyl (C=O) groups is 1. The van der Waals surface area contributed by atoms with Crippen LogP contribution in [-0.2, 0) is 6.42 Å². The van der Waals surface area contributed by atoms with Crippen LogP contribution in [0.3, 0.4) is 0 Å². The monoisotopic (exact) mass is 301 g/mol. The highest BCUT2D eigenvalue weighted by molar-refractivity contribution is 7.15. The second-order valence-electron chi connectivity index (χ2n) is 4.82. The van der Waals surface area contributed by atoms with E-state index in [1.165, 1.54) is 11.3 Å². The van der Waals surface area contributed by atoms with Gasteiger partial charge in [0.05, 0.1) is 0 Å². The number of carbonyl (C=O) groups excluding carboxylic acids is 1. The Morgan fingerprint density at radius 2 is 2.14 bits per heavy atom. The van der Waals surface area contributed by atoms with E-state index in [0.717, 1.165) is 33.5 Å². The minimum absolute atomic E-state index is 0.290. The zero-order valence-corrected chi connectivity index (χ0v) is 12.9. The topological polar surface area (TPSA) is 68.0 Å². The lowest BCUT2D eigenvalue weighted by Gasteiger charge is -1.98. The first-order chi connectivity index (χ1) is 10.1. The van der Waals surface area contributed by atoms with Crippen molar-refractivity contribution in [2.24, 2.45) is 0 Å². The molecule has 0 saturated heterocycles. The van der Waals surface area contributed by atoms with Crippen LogP contribution in [0.2, 0.25) is 0 Å². The van der Waals surface area contributed by atoms with Crippen molar-refractivity contribution in [2.75, 3.05) is 5.32 Å². The number of amides is 1. The molecule has 6 heteroatoms. The van der Waals surface area contributed by atoms with Gasteiger partial charge in [-0.25, -0.2) is 0 Å². The number of anilines is 1. The van der Waals surface area contributed by atoms with Gasteiger partial charge in [0.2, 0.25) is 5.13 Å². The number of fused-ring (bicyclic) bond motifs is 1. The van der Waals surface area contributed by atoms with Crippen molar-refractivity contribution in [3.63, 3.8) is 0 Å². The Bertz CT molecular complexity index is 820. The molecule has 3 rings (SSSR count). The maximum Gasteiger partial charge on any atom is 0.293 e. The summed E-state index contributed by atoms with van der Waals surface area (Å²) >= 11 is 1.38. The Hall–Kier alpha value is -2.21. The first-order valence-corrected chi connectivity index (χ1v) is 7.54. The fourth-order valence-electron chi connectivity index (χ4n) is 2.20. The van der Waals surface area contributed by atoms with Crippen LogP contribution in [-0.4, -0.2) is 16.1 Å². The van der Waals surface area contributed by atoms with Crippen molar-refractivity contribution in [1.82, 2.24) is 10.2 Å². The molecule has 0 saturated carbocycles. The summed E-state index contributed by atoms with van der Waals surface area (Å²) < 4.78 is 5.74. The highest BCUT2D eigenvalue weighted by Gasteiger charge is 2.19. The number of hydrogen-bond acceptors (Lipinski definition) is 5. The van der Waals surface area contributed by atoms with E-state index in [1.54, 1.807) is 0 Å². The molecule has 0 spiro atoms. The molecular weight excluding hydrogens is 286 g/mol. The highest BCUT2D eigenvalue weighted by Crippen LogP contribution is 2.28. The second-order valence-corrected chi connectivity index (χ2v) is 5.88. The number of rotatable bonds is 3. The number of furan rings is 1. The van der Waals surface area contributed by atoms with E-state index in [0.29, 0.717) is 10.9 Å². The van der Waals surface area contributed by atoms with Gasteiger partial charge in [-0.15, -0.1) is 10.2 Å². The average molecular weight is 301 g/mol. The van der Waals surface area contributed by atoms with Crippen molar-refractivity contribution in [1.29, 1.82) is 0 Å². The molecule has 0 bridgehead atoms. The second kappa shape index (κ2) is 5.29. The summed E-state index contributed by atoms with van der Waals surface area (Å²) in [4.78, 5) is 12.3. The molecule has 0 fully saturated rings. The first kappa shape index (κ1) is 13.8. The molecule has 0 aliphatic heterocycles. The number of aryl methyl sites for hydroxylation is 3. The van der Waals surface area contributed by atoms with Gasteiger partial charge in [-0.05, 0) is 25.8 Å². The lowest BCUT2D eigenvalue weighted by Crippen LogP contribution is -2.11. The van der Waals surface area contributed by atoms with Crippen LogP contribution in [0, 0.1) is 13.8 Å². The highest BCUT2D eigenvalue weighted by atomic mass is 32.1. The van der Waals surface area contributed by atoms with E-state index in [2.05, 4.69) is 15.5 Å².